The highest BCUT2D eigenvalue weighted by atomic mass is 35.5. The Morgan fingerprint density at radius 1 is 0.921 bits per heavy atom. The number of urea groups is 1. The molecule has 38 heavy (non-hydrogen) atoms. The molecule has 1 aromatic heterocycles. The second kappa shape index (κ2) is 12.5. The number of aldehydes is 1. The van der Waals surface area contributed by atoms with Gasteiger partial charge in [-0.25, -0.2) is 9.78 Å². The second-order valence-corrected chi connectivity index (χ2v) is 9.67. The summed E-state index contributed by atoms with van der Waals surface area (Å²) in [6.07, 6.45) is 1.54. The van der Waals surface area contributed by atoms with E-state index in [1.165, 1.54) is 0 Å². The molecule has 2 N–H and O–H groups in total. The molecule has 0 radical (unpaired) electrons. The molecule has 1 heterocycles. The Balaban J connectivity index is 1.38. The molecule has 0 aliphatic carbocycles. The van der Waals surface area contributed by atoms with E-state index in [1.807, 2.05) is 55.5 Å². The standard InChI is InChI=1S/C30H25Cl2N3O3/c1-19-25(12-14-29(33-19)35-30(38)34-27-13-11-24(31)17-26(27)32)22-7-9-23(10-8-22)28(37)16-21(18-36)15-20-5-3-2-4-6-20/h2-14,17-18,21H,15-16H2,1H3,(H2,33,34,35,38). The summed E-state index contributed by atoms with van der Waals surface area (Å²) < 4.78 is 0. The van der Waals surface area contributed by atoms with Gasteiger partial charge in [-0.2, -0.15) is 0 Å². The lowest BCUT2D eigenvalue weighted by atomic mass is 9.92. The van der Waals surface area contributed by atoms with Crippen LogP contribution in [0, 0.1) is 12.8 Å². The molecule has 0 saturated carbocycles. The Bertz CT molecular complexity index is 1460. The summed E-state index contributed by atoms with van der Waals surface area (Å²) in [5.74, 6) is -0.0753. The van der Waals surface area contributed by atoms with Crippen molar-refractivity contribution in [2.45, 2.75) is 19.8 Å². The molecule has 4 aromatic rings. The second-order valence-electron chi connectivity index (χ2n) is 8.82. The third-order valence-electron chi connectivity index (χ3n) is 6.01. The fourth-order valence-corrected chi connectivity index (χ4v) is 4.53. The summed E-state index contributed by atoms with van der Waals surface area (Å²) in [4.78, 5) is 41.2. The van der Waals surface area contributed by atoms with Crippen molar-refractivity contribution in [1.29, 1.82) is 0 Å². The van der Waals surface area contributed by atoms with Crippen molar-refractivity contribution in [3.05, 3.63) is 112 Å². The molecule has 0 fully saturated rings. The van der Waals surface area contributed by atoms with Gasteiger partial charge in [0.25, 0.3) is 0 Å². The van der Waals surface area contributed by atoms with Crippen molar-refractivity contribution in [3.63, 3.8) is 0 Å². The summed E-state index contributed by atoms with van der Waals surface area (Å²) in [7, 11) is 0. The first-order valence-corrected chi connectivity index (χ1v) is 12.7. The fourth-order valence-electron chi connectivity index (χ4n) is 4.07. The van der Waals surface area contributed by atoms with Crippen molar-refractivity contribution in [2.24, 2.45) is 5.92 Å². The van der Waals surface area contributed by atoms with Crippen LogP contribution in [0.3, 0.4) is 0 Å². The van der Waals surface area contributed by atoms with Gasteiger partial charge in [-0.05, 0) is 54.8 Å². The van der Waals surface area contributed by atoms with E-state index in [9.17, 15) is 14.4 Å². The number of pyridine rings is 1. The van der Waals surface area contributed by atoms with Crippen LogP contribution in [0.15, 0.2) is 84.9 Å². The molecule has 4 rings (SSSR count). The van der Waals surface area contributed by atoms with Gasteiger partial charge < -0.3 is 10.1 Å². The van der Waals surface area contributed by atoms with Crippen LogP contribution in [0.1, 0.15) is 28.0 Å². The highest BCUT2D eigenvalue weighted by Crippen LogP contribution is 2.27. The van der Waals surface area contributed by atoms with Gasteiger partial charge >= 0.3 is 6.03 Å². The maximum absolute atomic E-state index is 12.8. The predicted molar refractivity (Wildman–Crippen MR) is 152 cm³/mol. The van der Waals surface area contributed by atoms with Crippen LogP contribution < -0.4 is 10.6 Å². The van der Waals surface area contributed by atoms with Crippen molar-refractivity contribution >= 4 is 52.8 Å². The van der Waals surface area contributed by atoms with Crippen LogP contribution in [0.2, 0.25) is 10.0 Å². The van der Waals surface area contributed by atoms with Crippen LogP contribution in [-0.4, -0.2) is 23.1 Å². The number of hydrogen-bond acceptors (Lipinski definition) is 4. The number of nitrogens with zero attached hydrogens (tertiary/aromatic N) is 1. The maximum atomic E-state index is 12.8. The van der Waals surface area contributed by atoms with Crippen LogP contribution in [0.25, 0.3) is 11.1 Å². The zero-order valence-electron chi connectivity index (χ0n) is 20.6. The number of anilines is 2. The monoisotopic (exact) mass is 545 g/mol. The molecule has 0 saturated heterocycles. The summed E-state index contributed by atoms with van der Waals surface area (Å²) >= 11 is 12.0. The molecular formula is C30H25Cl2N3O3. The molecule has 192 valence electrons. The van der Waals surface area contributed by atoms with E-state index in [1.54, 1.807) is 36.4 Å². The van der Waals surface area contributed by atoms with Gasteiger partial charge in [-0.3, -0.25) is 10.1 Å². The number of amides is 2. The highest BCUT2D eigenvalue weighted by molar-refractivity contribution is 6.36. The normalized spacial score (nSPS) is 11.4. The number of aryl methyl sites for hydroxylation is 1. The first kappa shape index (κ1) is 27.0. The maximum Gasteiger partial charge on any atom is 0.324 e. The van der Waals surface area contributed by atoms with Crippen LogP contribution >= 0.6 is 23.2 Å². The summed E-state index contributed by atoms with van der Waals surface area (Å²) in [6.45, 7) is 1.84. The predicted octanol–water partition coefficient (Wildman–Crippen LogP) is 7.64. The Kier molecular flexibility index (Phi) is 8.89. The summed E-state index contributed by atoms with van der Waals surface area (Å²) in [5.41, 5.74) is 4.46. The van der Waals surface area contributed by atoms with E-state index < -0.39 is 6.03 Å². The average Bonchev–Trinajstić information content (AvgIpc) is 2.90. The number of hydrogen-bond donors (Lipinski definition) is 2. The number of halogens is 2. The van der Waals surface area contributed by atoms with Gasteiger partial charge in [-0.1, -0.05) is 77.8 Å². The number of carbonyl (C=O) groups excluding carboxylic acids is 3. The summed E-state index contributed by atoms with van der Waals surface area (Å²) in [6, 6.07) is 24.7. The van der Waals surface area contributed by atoms with Crippen molar-refractivity contribution < 1.29 is 14.4 Å². The summed E-state index contributed by atoms with van der Waals surface area (Å²) in [5, 5.41) is 6.15. The van der Waals surface area contributed by atoms with Crippen LogP contribution in [-0.2, 0) is 11.2 Å². The van der Waals surface area contributed by atoms with Gasteiger partial charge in [0.2, 0.25) is 0 Å². The number of nitrogens with one attached hydrogen (secondary N) is 2. The molecular weight excluding hydrogens is 521 g/mol. The topological polar surface area (TPSA) is 88.2 Å². The molecule has 0 aliphatic heterocycles. The largest absolute Gasteiger partial charge is 0.324 e. The van der Waals surface area contributed by atoms with Crippen LogP contribution in [0.5, 0.6) is 0 Å². The molecule has 0 aliphatic rings. The molecule has 1 unspecified atom stereocenters. The minimum atomic E-state index is -0.488. The van der Waals surface area contributed by atoms with Gasteiger partial charge in [0.1, 0.15) is 12.1 Å². The number of rotatable bonds is 9. The Morgan fingerprint density at radius 2 is 1.66 bits per heavy atom. The molecule has 8 heteroatoms. The third kappa shape index (κ3) is 7.06. The molecule has 2 amide bonds. The van der Waals surface area contributed by atoms with E-state index in [0.717, 1.165) is 23.0 Å². The van der Waals surface area contributed by atoms with Gasteiger partial charge in [0, 0.05) is 34.2 Å². The van der Waals surface area contributed by atoms with Crippen molar-refractivity contribution in [2.75, 3.05) is 10.6 Å². The lowest BCUT2D eigenvalue weighted by Gasteiger charge is -2.12. The number of aromatic nitrogens is 1. The van der Waals surface area contributed by atoms with Gasteiger partial charge in [0.15, 0.2) is 5.78 Å². The number of ketones is 1. The van der Waals surface area contributed by atoms with E-state index in [2.05, 4.69) is 15.6 Å². The van der Waals surface area contributed by atoms with Gasteiger partial charge in [0.05, 0.1) is 10.7 Å². The van der Waals surface area contributed by atoms with E-state index in [0.29, 0.717) is 39.2 Å². The van der Waals surface area contributed by atoms with Gasteiger partial charge in [-0.15, -0.1) is 0 Å². The number of carbonyl (C=O) groups is 3. The van der Waals surface area contributed by atoms with Crippen molar-refractivity contribution in [3.8, 4) is 11.1 Å². The fraction of sp³-hybridized carbons (Fsp3) is 0.133. The zero-order chi connectivity index (χ0) is 27.1. The molecule has 1 atom stereocenters. The minimum absolute atomic E-state index is 0.0780. The van der Waals surface area contributed by atoms with E-state index in [-0.39, 0.29) is 18.1 Å². The quantitative estimate of drug-likeness (QED) is 0.167. The van der Waals surface area contributed by atoms with E-state index >= 15 is 0 Å². The Labute approximate surface area is 231 Å². The van der Waals surface area contributed by atoms with Crippen molar-refractivity contribution in [1.82, 2.24) is 4.98 Å². The Morgan fingerprint density at radius 3 is 2.32 bits per heavy atom. The minimum Gasteiger partial charge on any atom is -0.306 e. The smallest absolute Gasteiger partial charge is 0.306 e. The molecule has 3 aromatic carbocycles. The average molecular weight is 546 g/mol. The lowest BCUT2D eigenvalue weighted by Crippen LogP contribution is -2.20. The Hall–Kier alpha value is -4.00. The molecule has 0 bridgehead atoms. The number of Topliss-reactive ketones (excluding diaryl/α,β-unsaturated/α-hetero) is 1. The first-order valence-electron chi connectivity index (χ1n) is 12.0. The molecule has 0 spiro atoms. The van der Waals surface area contributed by atoms with E-state index in [4.69, 9.17) is 23.2 Å². The first-order chi connectivity index (χ1) is 18.3. The highest BCUT2D eigenvalue weighted by Gasteiger charge is 2.16. The third-order valence-corrected chi connectivity index (χ3v) is 6.55. The SMILES string of the molecule is Cc1nc(NC(=O)Nc2ccc(Cl)cc2Cl)ccc1-c1ccc(C(=O)CC(C=O)Cc2ccccc2)cc1. The number of benzene rings is 3. The lowest BCUT2D eigenvalue weighted by molar-refractivity contribution is -0.111. The zero-order valence-corrected chi connectivity index (χ0v) is 22.1. The van der Waals surface area contributed by atoms with Crippen LogP contribution in [0.4, 0.5) is 16.3 Å². The molecule has 6 nitrogen and oxygen atoms in total.